The third-order valence-electron chi connectivity index (χ3n) is 1.37. The number of hydrogen-bond acceptors (Lipinski definition) is 3. The SMILES string of the molecule is NC[C@@H]1CCS(=O)(=O)N1. The van der Waals surface area contributed by atoms with Gasteiger partial charge in [0.25, 0.3) is 0 Å². The van der Waals surface area contributed by atoms with Crippen LogP contribution in [0.1, 0.15) is 6.42 Å². The van der Waals surface area contributed by atoms with E-state index in [9.17, 15) is 8.42 Å². The molecule has 0 radical (unpaired) electrons. The summed E-state index contributed by atoms with van der Waals surface area (Å²) in [6.45, 7) is 0.402. The van der Waals surface area contributed by atoms with E-state index in [1.54, 1.807) is 0 Å². The van der Waals surface area contributed by atoms with Gasteiger partial charge in [-0.25, -0.2) is 13.1 Å². The lowest BCUT2D eigenvalue weighted by Crippen LogP contribution is -2.32. The molecule has 9 heavy (non-hydrogen) atoms. The first kappa shape index (κ1) is 6.98. The second kappa shape index (κ2) is 2.24. The highest BCUT2D eigenvalue weighted by Gasteiger charge is 2.24. The molecule has 0 unspecified atom stereocenters. The van der Waals surface area contributed by atoms with Crippen molar-refractivity contribution in [3.8, 4) is 0 Å². The van der Waals surface area contributed by atoms with Crippen molar-refractivity contribution in [1.29, 1.82) is 0 Å². The molecule has 3 N–H and O–H groups in total. The van der Waals surface area contributed by atoms with Crippen LogP contribution in [0.3, 0.4) is 0 Å². The normalized spacial score (nSPS) is 32.8. The topological polar surface area (TPSA) is 72.2 Å². The highest BCUT2D eigenvalue weighted by atomic mass is 32.2. The fourth-order valence-corrected chi connectivity index (χ4v) is 2.27. The van der Waals surface area contributed by atoms with E-state index in [1.165, 1.54) is 0 Å². The van der Waals surface area contributed by atoms with Gasteiger partial charge in [0.1, 0.15) is 0 Å². The van der Waals surface area contributed by atoms with Crippen LogP contribution in [0.4, 0.5) is 0 Å². The summed E-state index contributed by atoms with van der Waals surface area (Å²) in [7, 11) is -2.94. The fourth-order valence-electron chi connectivity index (χ4n) is 0.835. The molecule has 4 nitrogen and oxygen atoms in total. The third kappa shape index (κ3) is 1.64. The first-order valence-corrected chi connectivity index (χ1v) is 4.49. The van der Waals surface area contributed by atoms with Gasteiger partial charge in [-0.2, -0.15) is 0 Å². The van der Waals surface area contributed by atoms with E-state index in [1.807, 2.05) is 0 Å². The van der Waals surface area contributed by atoms with Crippen LogP contribution >= 0.6 is 0 Å². The van der Waals surface area contributed by atoms with Crippen molar-refractivity contribution in [2.24, 2.45) is 5.73 Å². The maximum absolute atomic E-state index is 10.6. The van der Waals surface area contributed by atoms with E-state index >= 15 is 0 Å². The lowest BCUT2D eigenvalue weighted by atomic mass is 10.2. The predicted octanol–water partition coefficient (Wildman–Crippen LogP) is -1.36. The molecule has 0 aromatic rings. The summed E-state index contributed by atoms with van der Waals surface area (Å²) >= 11 is 0. The summed E-state index contributed by atoms with van der Waals surface area (Å²) in [4.78, 5) is 0. The number of nitrogens with one attached hydrogen (secondary N) is 1. The number of hydrogen-bond donors (Lipinski definition) is 2. The summed E-state index contributed by atoms with van der Waals surface area (Å²) in [6.07, 6.45) is 0.652. The summed E-state index contributed by atoms with van der Waals surface area (Å²) < 4.78 is 23.7. The third-order valence-corrected chi connectivity index (χ3v) is 2.83. The van der Waals surface area contributed by atoms with Crippen molar-refractivity contribution in [3.05, 3.63) is 0 Å². The van der Waals surface area contributed by atoms with Gasteiger partial charge in [-0.3, -0.25) is 0 Å². The largest absolute Gasteiger partial charge is 0.329 e. The maximum Gasteiger partial charge on any atom is 0.211 e. The van der Waals surface area contributed by atoms with Crippen LogP contribution in [-0.4, -0.2) is 26.8 Å². The van der Waals surface area contributed by atoms with Gasteiger partial charge in [0.15, 0.2) is 0 Å². The zero-order valence-electron chi connectivity index (χ0n) is 5.00. The van der Waals surface area contributed by atoms with Gasteiger partial charge in [0, 0.05) is 12.6 Å². The van der Waals surface area contributed by atoms with E-state index in [0.29, 0.717) is 13.0 Å². The fraction of sp³-hybridized carbons (Fsp3) is 1.00. The van der Waals surface area contributed by atoms with Crippen LogP contribution in [0.2, 0.25) is 0 Å². The summed E-state index contributed by atoms with van der Waals surface area (Å²) in [6, 6.07) is -0.0185. The van der Waals surface area contributed by atoms with E-state index in [-0.39, 0.29) is 11.8 Å². The minimum absolute atomic E-state index is 0.0185. The molecule has 1 atom stereocenters. The second-order valence-corrected chi connectivity index (χ2v) is 4.03. The monoisotopic (exact) mass is 150 g/mol. The van der Waals surface area contributed by atoms with E-state index < -0.39 is 10.0 Å². The van der Waals surface area contributed by atoms with Gasteiger partial charge < -0.3 is 5.73 Å². The van der Waals surface area contributed by atoms with Gasteiger partial charge >= 0.3 is 0 Å². The Morgan fingerprint density at radius 2 is 2.33 bits per heavy atom. The standard InChI is InChI=1S/C4H10N2O2S/c5-3-4-1-2-9(7,8)6-4/h4,6H,1-3,5H2/t4-/m0/s1. The van der Waals surface area contributed by atoms with Gasteiger partial charge in [0.2, 0.25) is 10.0 Å². The maximum atomic E-state index is 10.6. The summed E-state index contributed by atoms with van der Waals surface area (Å²) in [5.74, 6) is 0.231. The number of rotatable bonds is 1. The molecule has 1 rings (SSSR count). The van der Waals surface area contributed by atoms with Crippen molar-refractivity contribution in [2.75, 3.05) is 12.3 Å². The van der Waals surface area contributed by atoms with Crippen LogP contribution in [0.15, 0.2) is 0 Å². The van der Waals surface area contributed by atoms with Crippen molar-refractivity contribution >= 4 is 10.0 Å². The van der Waals surface area contributed by atoms with Crippen LogP contribution < -0.4 is 10.5 Å². The zero-order chi connectivity index (χ0) is 6.91. The van der Waals surface area contributed by atoms with Crippen LogP contribution in [0.5, 0.6) is 0 Å². The molecule has 1 heterocycles. The molecule has 0 bridgehead atoms. The Balaban J connectivity index is 2.58. The van der Waals surface area contributed by atoms with Gasteiger partial charge in [-0.1, -0.05) is 0 Å². The predicted molar refractivity (Wildman–Crippen MR) is 34.4 cm³/mol. The molecule has 1 saturated heterocycles. The van der Waals surface area contributed by atoms with E-state index in [4.69, 9.17) is 5.73 Å². The number of nitrogens with two attached hydrogens (primary N) is 1. The Morgan fingerprint density at radius 3 is 2.56 bits per heavy atom. The second-order valence-electron chi connectivity index (χ2n) is 2.16. The minimum atomic E-state index is -2.94. The zero-order valence-corrected chi connectivity index (χ0v) is 5.82. The van der Waals surface area contributed by atoms with Crippen LogP contribution in [0, 0.1) is 0 Å². The first-order valence-electron chi connectivity index (χ1n) is 2.84. The Labute approximate surface area is 54.5 Å². The van der Waals surface area contributed by atoms with Crippen molar-refractivity contribution in [1.82, 2.24) is 4.72 Å². The average molecular weight is 150 g/mol. The molecular formula is C4H10N2O2S. The lowest BCUT2D eigenvalue weighted by molar-refractivity contribution is 0.582. The minimum Gasteiger partial charge on any atom is -0.329 e. The van der Waals surface area contributed by atoms with Gasteiger partial charge in [-0.05, 0) is 6.42 Å². The Hall–Kier alpha value is -0.130. The van der Waals surface area contributed by atoms with Crippen LogP contribution in [0.25, 0.3) is 0 Å². The highest BCUT2D eigenvalue weighted by molar-refractivity contribution is 7.89. The lowest BCUT2D eigenvalue weighted by Gasteiger charge is -2.01. The van der Waals surface area contributed by atoms with E-state index in [0.717, 1.165) is 0 Å². The summed E-state index contributed by atoms with van der Waals surface area (Å²) in [5, 5.41) is 0. The van der Waals surface area contributed by atoms with Crippen molar-refractivity contribution in [2.45, 2.75) is 12.5 Å². The molecule has 0 saturated carbocycles. The van der Waals surface area contributed by atoms with E-state index in [2.05, 4.69) is 4.72 Å². The highest BCUT2D eigenvalue weighted by Crippen LogP contribution is 2.04. The first-order chi connectivity index (χ1) is 4.14. The molecule has 54 valence electrons. The Morgan fingerprint density at radius 1 is 1.67 bits per heavy atom. The molecule has 0 aromatic carbocycles. The average Bonchev–Trinajstić information content (AvgIpc) is 2.10. The molecule has 5 heteroatoms. The molecule has 1 aliphatic rings. The quantitative estimate of drug-likeness (QED) is 0.485. The summed E-state index contributed by atoms with van der Waals surface area (Å²) in [5.41, 5.74) is 5.23. The van der Waals surface area contributed by atoms with Gasteiger partial charge in [-0.15, -0.1) is 0 Å². The Bertz CT molecular complexity index is 187. The van der Waals surface area contributed by atoms with Crippen molar-refractivity contribution in [3.63, 3.8) is 0 Å². The van der Waals surface area contributed by atoms with Crippen LogP contribution in [-0.2, 0) is 10.0 Å². The molecule has 1 aliphatic heterocycles. The molecule has 0 aromatic heterocycles. The molecular weight excluding hydrogens is 140 g/mol. The molecule has 0 amide bonds. The van der Waals surface area contributed by atoms with Gasteiger partial charge in [0.05, 0.1) is 5.75 Å². The number of sulfonamides is 1. The molecule has 1 fully saturated rings. The Kier molecular flexibility index (Phi) is 1.74. The molecule has 0 spiro atoms. The van der Waals surface area contributed by atoms with Crippen molar-refractivity contribution < 1.29 is 8.42 Å². The molecule has 0 aliphatic carbocycles. The smallest absolute Gasteiger partial charge is 0.211 e.